The van der Waals surface area contributed by atoms with Gasteiger partial charge in [-0.05, 0) is 24.3 Å². The Morgan fingerprint density at radius 1 is 1.18 bits per heavy atom. The summed E-state index contributed by atoms with van der Waals surface area (Å²) >= 11 is 7.18. The van der Waals surface area contributed by atoms with Crippen molar-refractivity contribution in [1.29, 1.82) is 0 Å². The summed E-state index contributed by atoms with van der Waals surface area (Å²) in [5.41, 5.74) is 0.683. The maximum absolute atomic E-state index is 12.3. The number of halogens is 1. The minimum atomic E-state index is -0.707. The Hall–Kier alpha value is -3.04. The standard InChI is InChI=1S/C18H15ClN4O4S/c1-10(24)23(13-6-4-5-11(19)7-13)17-20-12(9-28-17)8-14-15(25)21(2)18(27)22(3)16(14)26/h4-9H,1-3H3. The second-order valence-electron chi connectivity index (χ2n) is 5.96. The highest BCUT2D eigenvalue weighted by molar-refractivity contribution is 7.14. The van der Waals surface area contributed by atoms with Gasteiger partial charge in [0.25, 0.3) is 11.8 Å². The minimum Gasteiger partial charge on any atom is -0.274 e. The molecule has 5 amide bonds. The molecule has 10 heteroatoms. The highest BCUT2D eigenvalue weighted by Crippen LogP contribution is 2.31. The molecule has 28 heavy (non-hydrogen) atoms. The fraction of sp³-hybridized carbons (Fsp3) is 0.167. The van der Waals surface area contributed by atoms with Crippen LogP contribution in [0.3, 0.4) is 0 Å². The number of likely N-dealkylation sites (N-methyl/N-ethyl adjacent to an activating group) is 2. The molecule has 0 unspecified atom stereocenters. The van der Waals surface area contributed by atoms with Crippen molar-refractivity contribution in [2.75, 3.05) is 19.0 Å². The Kier molecular flexibility index (Phi) is 5.30. The first-order valence-electron chi connectivity index (χ1n) is 8.04. The summed E-state index contributed by atoms with van der Waals surface area (Å²) in [6.45, 7) is 1.39. The molecule has 144 valence electrons. The first kappa shape index (κ1) is 19.7. The molecule has 2 heterocycles. The van der Waals surface area contributed by atoms with Crippen LogP contribution in [0.4, 0.5) is 15.6 Å². The smallest absolute Gasteiger partial charge is 0.274 e. The zero-order chi connectivity index (χ0) is 20.6. The van der Waals surface area contributed by atoms with Gasteiger partial charge < -0.3 is 0 Å². The molecule has 1 saturated heterocycles. The van der Waals surface area contributed by atoms with Crippen LogP contribution < -0.4 is 4.90 Å². The van der Waals surface area contributed by atoms with Crippen molar-refractivity contribution in [1.82, 2.24) is 14.8 Å². The topological polar surface area (TPSA) is 90.9 Å². The predicted molar refractivity (Wildman–Crippen MR) is 105 cm³/mol. The number of anilines is 2. The Balaban J connectivity index is 1.98. The van der Waals surface area contributed by atoms with Crippen LogP contribution in [0.25, 0.3) is 6.08 Å². The number of imide groups is 2. The Morgan fingerprint density at radius 2 is 1.82 bits per heavy atom. The lowest BCUT2D eigenvalue weighted by Crippen LogP contribution is -2.52. The molecule has 3 rings (SSSR count). The fourth-order valence-electron chi connectivity index (χ4n) is 2.61. The normalized spacial score (nSPS) is 14.6. The molecule has 0 saturated carbocycles. The SMILES string of the molecule is CC(=O)N(c1cccc(Cl)c1)c1nc(C=C2C(=O)N(C)C(=O)N(C)C2=O)cs1. The van der Waals surface area contributed by atoms with Crippen LogP contribution in [-0.4, -0.2) is 52.6 Å². The Morgan fingerprint density at radius 3 is 2.39 bits per heavy atom. The van der Waals surface area contributed by atoms with Gasteiger partial charge >= 0.3 is 6.03 Å². The van der Waals surface area contributed by atoms with Gasteiger partial charge in [-0.1, -0.05) is 17.7 Å². The number of carbonyl (C=O) groups excluding carboxylic acids is 4. The van der Waals surface area contributed by atoms with E-state index in [4.69, 9.17) is 11.6 Å². The van der Waals surface area contributed by atoms with E-state index < -0.39 is 17.8 Å². The largest absolute Gasteiger partial charge is 0.333 e. The number of aromatic nitrogens is 1. The third kappa shape index (κ3) is 3.54. The number of rotatable bonds is 3. The van der Waals surface area contributed by atoms with E-state index >= 15 is 0 Å². The van der Waals surface area contributed by atoms with Crippen LogP contribution in [0, 0.1) is 0 Å². The van der Waals surface area contributed by atoms with Gasteiger partial charge in [0.15, 0.2) is 5.13 Å². The summed E-state index contributed by atoms with van der Waals surface area (Å²) in [5.74, 6) is -1.69. The van der Waals surface area contributed by atoms with Crippen molar-refractivity contribution in [3.63, 3.8) is 0 Å². The van der Waals surface area contributed by atoms with Gasteiger partial charge in [-0.25, -0.2) is 9.78 Å². The highest BCUT2D eigenvalue weighted by Gasteiger charge is 2.38. The first-order valence-corrected chi connectivity index (χ1v) is 9.30. The van der Waals surface area contributed by atoms with Crippen LogP contribution in [0.2, 0.25) is 5.02 Å². The number of hydrogen-bond donors (Lipinski definition) is 0. The lowest BCUT2D eigenvalue weighted by molar-refractivity contribution is -0.134. The maximum atomic E-state index is 12.3. The van der Waals surface area contributed by atoms with E-state index in [9.17, 15) is 19.2 Å². The molecule has 1 aromatic heterocycles. The third-order valence-corrected chi connectivity index (χ3v) is 5.10. The number of urea groups is 1. The molecule has 0 spiro atoms. The zero-order valence-corrected chi connectivity index (χ0v) is 16.7. The van der Waals surface area contributed by atoms with Gasteiger partial charge in [0.05, 0.1) is 11.4 Å². The molecule has 2 aromatic rings. The van der Waals surface area contributed by atoms with E-state index in [2.05, 4.69) is 4.98 Å². The average molecular weight is 419 g/mol. The monoisotopic (exact) mass is 418 g/mol. The molecule has 1 aliphatic heterocycles. The first-order chi connectivity index (χ1) is 13.2. The van der Waals surface area contributed by atoms with E-state index in [0.29, 0.717) is 21.5 Å². The highest BCUT2D eigenvalue weighted by atomic mass is 35.5. The molecule has 1 fully saturated rings. The van der Waals surface area contributed by atoms with Gasteiger partial charge in [-0.2, -0.15) is 0 Å². The predicted octanol–water partition coefficient (Wildman–Crippen LogP) is 2.91. The second kappa shape index (κ2) is 7.53. The van der Waals surface area contributed by atoms with Gasteiger partial charge in [0.2, 0.25) is 5.91 Å². The second-order valence-corrected chi connectivity index (χ2v) is 7.23. The van der Waals surface area contributed by atoms with Crippen LogP contribution in [0.5, 0.6) is 0 Å². The summed E-state index contributed by atoms with van der Waals surface area (Å²) in [5, 5.41) is 2.44. The molecular weight excluding hydrogens is 404 g/mol. The van der Waals surface area contributed by atoms with Crippen molar-refractivity contribution in [3.05, 3.63) is 45.9 Å². The number of nitrogens with zero attached hydrogens (tertiary/aromatic N) is 4. The van der Waals surface area contributed by atoms with Gasteiger partial charge in [-0.3, -0.25) is 29.1 Å². The number of benzene rings is 1. The molecule has 0 aliphatic carbocycles. The number of thiazole rings is 1. The van der Waals surface area contributed by atoms with E-state index in [1.165, 1.54) is 43.3 Å². The van der Waals surface area contributed by atoms with Gasteiger partial charge in [0, 0.05) is 31.4 Å². The van der Waals surface area contributed by atoms with Crippen LogP contribution in [-0.2, 0) is 14.4 Å². The molecule has 0 atom stereocenters. The van der Waals surface area contributed by atoms with Crippen molar-refractivity contribution in [3.8, 4) is 0 Å². The lowest BCUT2D eigenvalue weighted by Gasteiger charge is -2.28. The molecule has 8 nitrogen and oxygen atoms in total. The molecule has 1 aromatic carbocycles. The molecular formula is C18H15ClN4O4S. The molecule has 0 radical (unpaired) electrons. The number of barbiturate groups is 1. The van der Waals surface area contributed by atoms with Crippen molar-refractivity contribution in [2.24, 2.45) is 0 Å². The summed E-state index contributed by atoms with van der Waals surface area (Å²) < 4.78 is 0. The van der Waals surface area contributed by atoms with Crippen molar-refractivity contribution < 1.29 is 19.2 Å². The lowest BCUT2D eigenvalue weighted by atomic mass is 10.1. The quantitative estimate of drug-likeness (QED) is 0.564. The van der Waals surface area contributed by atoms with Crippen LogP contribution >= 0.6 is 22.9 Å². The van der Waals surface area contributed by atoms with E-state index in [0.717, 1.165) is 9.80 Å². The molecule has 1 aliphatic rings. The van der Waals surface area contributed by atoms with Crippen LogP contribution in [0.15, 0.2) is 35.2 Å². The Bertz CT molecular complexity index is 1010. The zero-order valence-electron chi connectivity index (χ0n) is 15.2. The fourth-order valence-corrected chi connectivity index (χ4v) is 3.64. The van der Waals surface area contributed by atoms with Crippen molar-refractivity contribution in [2.45, 2.75) is 6.92 Å². The number of amides is 5. The number of hydrogen-bond acceptors (Lipinski definition) is 6. The minimum absolute atomic E-state index is 0.182. The molecule has 0 bridgehead atoms. The number of carbonyl (C=O) groups is 4. The van der Waals surface area contributed by atoms with Gasteiger partial charge in [-0.15, -0.1) is 11.3 Å². The summed E-state index contributed by atoms with van der Waals surface area (Å²) in [6, 6.07) is 6.06. The summed E-state index contributed by atoms with van der Waals surface area (Å²) in [4.78, 5) is 56.0. The van der Waals surface area contributed by atoms with Crippen molar-refractivity contribution >= 4 is 63.6 Å². The average Bonchev–Trinajstić information content (AvgIpc) is 3.10. The van der Waals surface area contributed by atoms with E-state index in [1.54, 1.807) is 29.6 Å². The van der Waals surface area contributed by atoms with E-state index in [1.807, 2.05) is 0 Å². The Labute approximate surface area is 169 Å². The summed E-state index contributed by atoms with van der Waals surface area (Å²) in [7, 11) is 2.59. The third-order valence-electron chi connectivity index (χ3n) is 4.02. The van der Waals surface area contributed by atoms with Crippen LogP contribution in [0.1, 0.15) is 12.6 Å². The summed E-state index contributed by atoms with van der Waals surface area (Å²) in [6.07, 6.45) is 1.31. The van der Waals surface area contributed by atoms with Gasteiger partial charge in [0.1, 0.15) is 5.57 Å². The van der Waals surface area contributed by atoms with E-state index in [-0.39, 0.29) is 11.5 Å². The maximum Gasteiger partial charge on any atom is 0.333 e. The molecule has 0 N–H and O–H groups in total.